The number of nitrogens with zero attached hydrogens (tertiary/aromatic N) is 3. The standard InChI is InChI=1S/C21H20N4O3S/c1-15-3-2-4-19(11-15)29(27,28)24-18-7-5-16(6-8-18)21(26)25-10-9-20-17(13-25)12-22-14-23-20/h2-8,11-12,14,24H,9-10,13H2,1H3. The van der Waals surface area contributed by atoms with Crippen LogP contribution in [0.15, 0.2) is 66.0 Å². The quantitative estimate of drug-likeness (QED) is 0.717. The molecule has 4 rings (SSSR count). The Hall–Kier alpha value is -3.26. The predicted molar refractivity (Wildman–Crippen MR) is 109 cm³/mol. The van der Waals surface area contributed by atoms with E-state index in [2.05, 4.69) is 14.7 Å². The van der Waals surface area contributed by atoms with Crippen LogP contribution in [0.3, 0.4) is 0 Å². The van der Waals surface area contributed by atoms with Crippen molar-refractivity contribution in [2.45, 2.75) is 24.8 Å². The molecule has 0 radical (unpaired) electrons. The molecule has 7 nitrogen and oxygen atoms in total. The number of hydrogen-bond acceptors (Lipinski definition) is 5. The Labute approximate surface area is 169 Å². The fraction of sp³-hybridized carbons (Fsp3) is 0.190. The zero-order valence-electron chi connectivity index (χ0n) is 15.9. The molecule has 2 heterocycles. The number of aryl methyl sites for hydroxylation is 1. The Morgan fingerprint density at radius 3 is 2.69 bits per heavy atom. The third-order valence-electron chi connectivity index (χ3n) is 4.83. The normalized spacial score (nSPS) is 13.6. The predicted octanol–water partition coefficient (Wildman–Crippen LogP) is 2.78. The van der Waals surface area contributed by atoms with Gasteiger partial charge in [0.1, 0.15) is 6.33 Å². The molecule has 0 unspecified atom stereocenters. The minimum Gasteiger partial charge on any atom is -0.334 e. The molecule has 1 N–H and O–H groups in total. The highest BCUT2D eigenvalue weighted by Crippen LogP contribution is 2.21. The molecular formula is C21H20N4O3S. The van der Waals surface area contributed by atoms with Crippen LogP contribution in [0.1, 0.15) is 27.2 Å². The lowest BCUT2D eigenvalue weighted by Crippen LogP contribution is -2.36. The Kier molecular flexibility index (Phi) is 5.02. The first kappa shape index (κ1) is 19.1. The second kappa shape index (κ2) is 7.63. The zero-order chi connectivity index (χ0) is 20.4. The van der Waals surface area contributed by atoms with Crippen molar-refractivity contribution >= 4 is 21.6 Å². The maximum atomic E-state index is 12.8. The Bertz CT molecular complexity index is 1160. The number of anilines is 1. The van der Waals surface area contributed by atoms with Crippen molar-refractivity contribution in [3.05, 3.63) is 83.4 Å². The lowest BCUT2D eigenvalue weighted by molar-refractivity contribution is 0.0733. The van der Waals surface area contributed by atoms with Crippen LogP contribution in [0, 0.1) is 6.92 Å². The van der Waals surface area contributed by atoms with E-state index in [1.54, 1.807) is 53.6 Å². The molecule has 148 valence electrons. The van der Waals surface area contributed by atoms with Crippen molar-refractivity contribution in [2.75, 3.05) is 11.3 Å². The highest BCUT2D eigenvalue weighted by atomic mass is 32.2. The second-order valence-corrected chi connectivity index (χ2v) is 8.65. The maximum absolute atomic E-state index is 12.8. The summed E-state index contributed by atoms with van der Waals surface area (Å²) in [6, 6.07) is 13.2. The molecule has 0 aliphatic carbocycles. The summed E-state index contributed by atoms with van der Waals surface area (Å²) >= 11 is 0. The third-order valence-corrected chi connectivity index (χ3v) is 6.21. The number of carbonyl (C=O) groups excluding carboxylic acids is 1. The summed E-state index contributed by atoms with van der Waals surface area (Å²) in [5, 5.41) is 0. The van der Waals surface area contributed by atoms with E-state index >= 15 is 0 Å². The van der Waals surface area contributed by atoms with Crippen molar-refractivity contribution in [3.8, 4) is 0 Å². The largest absolute Gasteiger partial charge is 0.334 e. The van der Waals surface area contributed by atoms with Gasteiger partial charge in [-0.2, -0.15) is 0 Å². The molecule has 0 bridgehead atoms. The van der Waals surface area contributed by atoms with E-state index in [1.807, 2.05) is 13.0 Å². The van der Waals surface area contributed by atoms with E-state index in [0.717, 1.165) is 16.8 Å². The average Bonchev–Trinajstić information content (AvgIpc) is 2.73. The van der Waals surface area contributed by atoms with Gasteiger partial charge in [0.15, 0.2) is 0 Å². The molecule has 29 heavy (non-hydrogen) atoms. The van der Waals surface area contributed by atoms with Crippen LogP contribution in [0.25, 0.3) is 0 Å². The number of hydrogen-bond donors (Lipinski definition) is 1. The molecular weight excluding hydrogens is 388 g/mol. The molecule has 0 saturated heterocycles. The molecule has 1 aromatic heterocycles. The minimum absolute atomic E-state index is 0.104. The number of benzene rings is 2. The van der Waals surface area contributed by atoms with Gasteiger partial charge in [-0.3, -0.25) is 9.52 Å². The summed E-state index contributed by atoms with van der Waals surface area (Å²) in [5.41, 5.74) is 3.70. The van der Waals surface area contributed by atoms with E-state index in [-0.39, 0.29) is 10.8 Å². The van der Waals surface area contributed by atoms with Gasteiger partial charge in [0.2, 0.25) is 0 Å². The Balaban J connectivity index is 1.47. The first-order valence-corrected chi connectivity index (χ1v) is 10.7. The highest BCUT2D eigenvalue weighted by Gasteiger charge is 2.23. The minimum atomic E-state index is -3.68. The number of nitrogens with one attached hydrogen (secondary N) is 1. The summed E-state index contributed by atoms with van der Waals surface area (Å²) in [6.45, 7) is 2.89. The van der Waals surface area contributed by atoms with Crippen molar-refractivity contribution in [3.63, 3.8) is 0 Å². The van der Waals surface area contributed by atoms with Gasteiger partial charge < -0.3 is 4.90 Å². The molecule has 8 heteroatoms. The second-order valence-electron chi connectivity index (χ2n) is 6.97. The van der Waals surface area contributed by atoms with Crippen molar-refractivity contribution in [2.24, 2.45) is 0 Å². The smallest absolute Gasteiger partial charge is 0.261 e. The molecule has 1 aliphatic heterocycles. The number of carbonyl (C=O) groups is 1. The van der Waals surface area contributed by atoms with Crippen LogP contribution in [0.4, 0.5) is 5.69 Å². The van der Waals surface area contributed by atoms with Gasteiger partial charge >= 0.3 is 0 Å². The van der Waals surface area contributed by atoms with Crippen molar-refractivity contribution in [1.82, 2.24) is 14.9 Å². The van der Waals surface area contributed by atoms with Crippen LogP contribution in [-0.2, 0) is 23.0 Å². The summed E-state index contributed by atoms with van der Waals surface area (Å²) < 4.78 is 27.6. The van der Waals surface area contributed by atoms with E-state index < -0.39 is 10.0 Å². The molecule has 2 aromatic carbocycles. The topological polar surface area (TPSA) is 92.3 Å². The molecule has 1 amide bonds. The fourth-order valence-corrected chi connectivity index (χ4v) is 4.46. The first-order valence-electron chi connectivity index (χ1n) is 9.19. The zero-order valence-corrected chi connectivity index (χ0v) is 16.7. The SMILES string of the molecule is Cc1cccc(S(=O)(=O)Nc2ccc(C(=O)N3CCc4ncncc4C3)cc2)c1. The van der Waals surface area contributed by atoms with Gasteiger partial charge in [0.25, 0.3) is 15.9 Å². The van der Waals surface area contributed by atoms with Crippen LogP contribution >= 0.6 is 0 Å². The Morgan fingerprint density at radius 1 is 1.14 bits per heavy atom. The lowest BCUT2D eigenvalue weighted by Gasteiger charge is -2.28. The highest BCUT2D eigenvalue weighted by molar-refractivity contribution is 7.92. The average molecular weight is 408 g/mol. The summed E-state index contributed by atoms with van der Waals surface area (Å²) in [4.78, 5) is 23.0. The first-order chi connectivity index (χ1) is 13.9. The van der Waals surface area contributed by atoms with E-state index in [1.165, 1.54) is 6.33 Å². The van der Waals surface area contributed by atoms with Crippen LogP contribution in [-0.4, -0.2) is 35.7 Å². The number of sulfonamides is 1. The summed E-state index contributed by atoms with van der Waals surface area (Å²) in [7, 11) is -3.68. The number of rotatable bonds is 4. The van der Waals surface area contributed by atoms with Gasteiger partial charge in [-0.25, -0.2) is 18.4 Å². The van der Waals surface area contributed by atoms with Crippen LogP contribution in [0.2, 0.25) is 0 Å². The van der Waals surface area contributed by atoms with Gasteiger partial charge in [0.05, 0.1) is 10.6 Å². The van der Waals surface area contributed by atoms with Gasteiger partial charge in [0, 0.05) is 42.5 Å². The fourth-order valence-electron chi connectivity index (χ4n) is 3.30. The van der Waals surface area contributed by atoms with Gasteiger partial charge in [-0.1, -0.05) is 12.1 Å². The summed E-state index contributed by atoms with van der Waals surface area (Å²) in [5.74, 6) is -0.104. The lowest BCUT2D eigenvalue weighted by atomic mass is 10.1. The summed E-state index contributed by atoms with van der Waals surface area (Å²) in [6.07, 6.45) is 3.95. The number of amides is 1. The monoisotopic (exact) mass is 408 g/mol. The number of fused-ring (bicyclic) bond motifs is 1. The van der Waals surface area contributed by atoms with Gasteiger partial charge in [-0.15, -0.1) is 0 Å². The molecule has 0 spiro atoms. The molecule has 0 saturated carbocycles. The van der Waals surface area contributed by atoms with Gasteiger partial charge in [-0.05, 0) is 48.9 Å². The van der Waals surface area contributed by atoms with Crippen molar-refractivity contribution in [1.29, 1.82) is 0 Å². The number of aromatic nitrogens is 2. The van der Waals surface area contributed by atoms with E-state index in [9.17, 15) is 13.2 Å². The maximum Gasteiger partial charge on any atom is 0.261 e. The van der Waals surface area contributed by atoms with Crippen LogP contribution in [0.5, 0.6) is 0 Å². The third kappa shape index (κ3) is 4.12. The van der Waals surface area contributed by atoms with Crippen molar-refractivity contribution < 1.29 is 13.2 Å². The molecule has 0 atom stereocenters. The molecule has 1 aliphatic rings. The van der Waals surface area contributed by atoms with E-state index in [4.69, 9.17) is 0 Å². The van der Waals surface area contributed by atoms with Crippen LogP contribution < -0.4 is 4.72 Å². The Morgan fingerprint density at radius 2 is 1.93 bits per heavy atom. The molecule has 0 fully saturated rings. The molecule has 3 aromatic rings. The van der Waals surface area contributed by atoms with E-state index in [0.29, 0.717) is 30.8 Å².